The monoisotopic (exact) mass is 451 g/mol. The number of rotatable bonds is 5. The van der Waals surface area contributed by atoms with E-state index in [1.165, 1.54) is 0 Å². The highest BCUT2D eigenvalue weighted by Gasteiger charge is 2.62. The maximum atomic E-state index is 12.4. The van der Waals surface area contributed by atoms with Crippen LogP contribution in [0, 0.1) is 12.8 Å². The van der Waals surface area contributed by atoms with Crippen molar-refractivity contribution in [3.05, 3.63) is 30.0 Å². The van der Waals surface area contributed by atoms with Crippen molar-refractivity contribution in [1.29, 1.82) is 0 Å². The second-order valence-corrected chi connectivity index (χ2v) is 9.85. The van der Waals surface area contributed by atoms with Crippen LogP contribution < -0.4 is 20.3 Å². The molecule has 2 atom stereocenters. The number of piperidine rings is 1. The quantitative estimate of drug-likeness (QED) is 0.539. The maximum Gasteiger partial charge on any atom is 0.408 e. The van der Waals surface area contributed by atoms with E-state index in [0.717, 1.165) is 29.6 Å². The van der Waals surface area contributed by atoms with Crippen LogP contribution in [0.4, 0.5) is 22.4 Å². The summed E-state index contributed by atoms with van der Waals surface area (Å²) in [5, 5.41) is 14.4. The number of nitrogens with zero attached hydrogens (tertiary/aromatic N) is 4. The largest absolute Gasteiger partial charge is 0.494 e. The Kier molecular flexibility index (Phi) is 4.84. The molecule has 3 aromatic rings. The smallest absolute Gasteiger partial charge is 0.408 e. The average Bonchev–Trinajstić information content (AvgIpc) is 3.03. The van der Waals surface area contributed by atoms with E-state index in [1.807, 2.05) is 52.0 Å². The third-order valence-electron chi connectivity index (χ3n) is 6.03. The van der Waals surface area contributed by atoms with Gasteiger partial charge in [-0.15, -0.1) is 0 Å². The lowest BCUT2D eigenvalue weighted by Crippen LogP contribution is -2.44. The van der Waals surface area contributed by atoms with E-state index < -0.39 is 5.60 Å². The molecule has 33 heavy (non-hydrogen) atoms. The summed E-state index contributed by atoms with van der Waals surface area (Å²) in [6, 6.07) is 7.67. The second kappa shape index (κ2) is 7.50. The zero-order chi connectivity index (χ0) is 23.4. The number of para-hydroxylation sites is 1. The average molecular weight is 452 g/mol. The molecule has 2 fully saturated rings. The van der Waals surface area contributed by atoms with Gasteiger partial charge in [-0.05, 0) is 46.2 Å². The number of amides is 1. The highest BCUT2D eigenvalue weighted by Crippen LogP contribution is 2.50. The van der Waals surface area contributed by atoms with Gasteiger partial charge in [0, 0.05) is 36.2 Å². The van der Waals surface area contributed by atoms with Crippen LogP contribution in [0.1, 0.15) is 32.9 Å². The van der Waals surface area contributed by atoms with Gasteiger partial charge < -0.3 is 25.0 Å². The molecule has 0 spiro atoms. The summed E-state index contributed by atoms with van der Waals surface area (Å²) in [6.07, 6.45) is 0.543. The third kappa shape index (κ3) is 4.12. The minimum Gasteiger partial charge on any atom is -0.494 e. The summed E-state index contributed by atoms with van der Waals surface area (Å²) in [5.41, 5.74) is 0.832. The number of methoxy groups -OCH3 is 1. The lowest BCUT2D eigenvalue weighted by Gasteiger charge is -2.25. The van der Waals surface area contributed by atoms with Gasteiger partial charge in [0.25, 0.3) is 0 Å². The van der Waals surface area contributed by atoms with E-state index in [-0.39, 0.29) is 11.6 Å². The van der Waals surface area contributed by atoms with Crippen molar-refractivity contribution in [3.8, 4) is 5.75 Å². The Hall–Kier alpha value is -3.56. The summed E-state index contributed by atoms with van der Waals surface area (Å²) < 4.78 is 11.0. The molecule has 10 nitrogen and oxygen atoms in total. The van der Waals surface area contributed by atoms with Gasteiger partial charge in [0.1, 0.15) is 22.7 Å². The number of aryl methyl sites for hydroxylation is 1. The summed E-state index contributed by atoms with van der Waals surface area (Å²) in [7, 11) is 1.63. The molecule has 0 radical (unpaired) electrons. The Morgan fingerprint density at radius 1 is 1.30 bits per heavy atom. The lowest BCUT2D eigenvalue weighted by atomic mass is 10.2. The normalized spacial score (nSPS) is 21.6. The minimum atomic E-state index is -0.535. The number of benzene rings is 1. The number of fused-ring (bicyclic) bond motifs is 2. The van der Waals surface area contributed by atoms with Gasteiger partial charge >= 0.3 is 6.09 Å². The van der Waals surface area contributed by atoms with Crippen LogP contribution in [0.5, 0.6) is 5.75 Å². The number of ether oxygens (including phenoxy) is 2. The highest BCUT2D eigenvalue weighted by molar-refractivity contribution is 5.95. The standard InChI is InChI=1S/C23H29N7O3/c1-13-9-17(29-28-13)24-19-15-7-6-8-16(32-5)18(15)25-20(26-19)30-11-14-10-23(14,12-30)27-21(31)33-22(2,3)4/h6-9,14H,10-12H2,1-5H3,(H,27,31)(H2,24,25,26,28,29)/t14?,23-/m0/s1. The fraction of sp³-hybridized carbons (Fsp3) is 0.478. The molecule has 0 bridgehead atoms. The molecular weight excluding hydrogens is 422 g/mol. The van der Waals surface area contributed by atoms with Crippen LogP contribution in [-0.4, -0.2) is 57.6 Å². The van der Waals surface area contributed by atoms with Crippen LogP contribution in [0.15, 0.2) is 24.3 Å². The number of nitrogens with one attached hydrogen (secondary N) is 3. The van der Waals surface area contributed by atoms with Crippen LogP contribution in [0.25, 0.3) is 10.9 Å². The first-order valence-electron chi connectivity index (χ1n) is 11.1. The van der Waals surface area contributed by atoms with Crippen molar-refractivity contribution in [1.82, 2.24) is 25.5 Å². The van der Waals surface area contributed by atoms with E-state index in [1.54, 1.807) is 7.11 Å². The van der Waals surface area contributed by atoms with Gasteiger partial charge in [-0.25, -0.2) is 9.78 Å². The molecule has 174 valence electrons. The van der Waals surface area contributed by atoms with E-state index >= 15 is 0 Å². The van der Waals surface area contributed by atoms with Crippen molar-refractivity contribution in [2.24, 2.45) is 5.92 Å². The molecule has 1 aliphatic heterocycles. The molecule has 1 saturated carbocycles. The zero-order valence-electron chi connectivity index (χ0n) is 19.5. The first kappa shape index (κ1) is 21.3. The fourth-order valence-electron chi connectivity index (χ4n) is 4.46. The van der Waals surface area contributed by atoms with Crippen LogP contribution in [0.2, 0.25) is 0 Å². The number of alkyl carbamates (subject to hydrolysis) is 1. The summed E-state index contributed by atoms with van der Waals surface area (Å²) in [4.78, 5) is 24.2. The third-order valence-corrected chi connectivity index (χ3v) is 6.03. The van der Waals surface area contributed by atoms with Crippen molar-refractivity contribution in [2.45, 2.75) is 45.3 Å². The molecule has 1 amide bonds. The molecule has 2 aromatic heterocycles. The molecule has 3 heterocycles. The number of hydrogen-bond acceptors (Lipinski definition) is 8. The SMILES string of the molecule is COc1cccc2c(Nc3cc(C)[nH]n3)nc(N3CC4C[C@]4(NC(=O)OC(C)(C)C)C3)nc12. The molecule has 3 N–H and O–H groups in total. The lowest BCUT2D eigenvalue weighted by molar-refractivity contribution is 0.0498. The number of carbonyl (C=O) groups excluding carboxylic acids is 1. The van der Waals surface area contributed by atoms with Crippen molar-refractivity contribution >= 4 is 34.6 Å². The van der Waals surface area contributed by atoms with E-state index in [2.05, 4.69) is 25.7 Å². The van der Waals surface area contributed by atoms with Gasteiger partial charge in [-0.1, -0.05) is 6.07 Å². The van der Waals surface area contributed by atoms with Crippen LogP contribution in [0.3, 0.4) is 0 Å². The summed E-state index contributed by atoms with van der Waals surface area (Å²) >= 11 is 0. The number of carbonyl (C=O) groups is 1. The van der Waals surface area contributed by atoms with Crippen molar-refractivity contribution < 1.29 is 14.3 Å². The van der Waals surface area contributed by atoms with Gasteiger partial charge in [0.2, 0.25) is 5.95 Å². The summed E-state index contributed by atoms with van der Waals surface area (Å²) in [5.74, 6) is 2.92. The molecule has 1 unspecified atom stereocenters. The maximum absolute atomic E-state index is 12.4. The first-order valence-corrected chi connectivity index (χ1v) is 11.1. The Morgan fingerprint density at radius 3 is 2.82 bits per heavy atom. The predicted molar refractivity (Wildman–Crippen MR) is 125 cm³/mol. The zero-order valence-corrected chi connectivity index (χ0v) is 19.5. The molecular formula is C23H29N7O3. The van der Waals surface area contributed by atoms with Crippen molar-refractivity contribution in [2.75, 3.05) is 30.4 Å². The highest BCUT2D eigenvalue weighted by atomic mass is 16.6. The second-order valence-electron chi connectivity index (χ2n) is 9.85. The van der Waals surface area contributed by atoms with Crippen molar-refractivity contribution in [3.63, 3.8) is 0 Å². The molecule has 10 heteroatoms. The molecule has 1 aliphatic carbocycles. The minimum absolute atomic E-state index is 0.297. The Labute approximate surface area is 192 Å². The molecule has 2 aliphatic rings. The van der Waals surface area contributed by atoms with Gasteiger partial charge in [0.15, 0.2) is 5.82 Å². The fourth-order valence-corrected chi connectivity index (χ4v) is 4.46. The Balaban J connectivity index is 1.44. The first-order chi connectivity index (χ1) is 15.7. The topological polar surface area (TPSA) is 117 Å². The number of aromatic nitrogens is 4. The Bertz CT molecular complexity index is 1220. The van der Waals surface area contributed by atoms with E-state index in [4.69, 9.17) is 19.4 Å². The molecule has 1 saturated heterocycles. The van der Waals surface area contributed by atoms with E-state index in [9.17, 15) is 4.79 Å². The molecule has 5 rings (SSSR count). The predicted octanol–water partition coefficient (Wildman–Crippen LogP) is 3.52. The van der Waals surface area contributed by atoms with Gasteiger partial charge in [-0.2, -0.15) is 10.1 Å². The summed E-state index contributed by atoms with van der Waals surface area (Å²) in [6.45, 7) is 8.91. The van der Waals surface area contributed by atoms with Gasteiger partial charge in [-0.3, -0.25) is 5.10 Å². The van der Waals surface area contributed by atoms with E-state index in [0.29, 0.717) is 35.8 Å². The van der Waals surface area contributed by atoms with Crippen LogP contribution >= 0.6 is 0 Å². The van der Waals surface area contributed by atoms with Crippen LogP contribution in [-0.2, 0) is 4.74 Å². The number of hydrogen-bond donors (Lipinski definition) is 3. The number of aromatic amines is 1. The molecule has 1 aromatic carbocycles. The van der Waals surface area contributed by atoms with Gasteiger partial charge in [0.05, 0.1) is 12.6 Å². The Morgan fingerprint density at radius 2 is 2.12 bits per heavy atom. The number of anilines is 3. The number of H-pyrrole nitrogens is 1.